The predicted molar refractivity (Wildman–Crippen MR) is 92.1 cm³/mol. The van der Waals surface area contributed by atoms with Crippen LogP contribution in [-0.4, -0.2) is 51.2 Å². The van der Waals surface area contributed by atoms with Crippen molar-refractivity contribution in [1.82, 2.24) is 24.7 Å². The lowest BCUT2D eigenvalue weighted by atomic mass is 10.2. The fraction of sp³-hybridized carbons (Fsp3) is 0.188. The highest BCUT2D eigenvalue weighted by Gasteiger charge is 2.18. The Kier molecular flexibility index (Phi) is 4.94. The quantitative estimate of drug-likeness (QED) is 0.390. The Morgan fingerprint density at radius 1 is 1.20 bits per heavy atom. The molecular weight excluding hydrogens is 342 g/mol. The SMILES string of the molecule is COC(=O)c1cc(-c2ccnc(SC)n2)n(-c2ccc(OC)nc2)n1. The van der Waals surface area contributed by atoms with Crippen LogP contribution in [0.2, 0.25) is 0 Å². The number of carbonyl (C=O) groups excluding carboxylic acids is 1. The third-order valence-corrected chi connectivity index (χ3v) is 3.92. The molecule has 0 N–H and O–H groups in total. The summed E-state index contributed by atoms with van der Waals surface area (Å²) < 4.78 is 11.4. The van der Waals surface area contributed by atoms with Gasteiger partial charge in [0.2, 0.25) is 5.88 Å². The first-order valence-corrected chi connectivity index (χ1v) is 8.45. The van der Waals surface area contributed by atoms with E-state index >= 15 is 0 Å². The standard InChI is InChI=1S/C16H15N5O3S/c1-23-14-5-4-10(9-18-14)21-13(8-12(20-21)15(22)24-2)11-6-7-17-16(19-11)25-3/h4-9H,1-3H3. The molecule has 0 aromatic carbocycles. The highest BCUT2D eigenvalue weighted by atomic mass is 32.2. The number of methoxy groups -OCH3 is 2. The van der Waals surface area contributed by atoms with E-state index < -0.39 is 5.97 Å². The van der Waals surface area contributed by atoms with Crippen LogP contribution in [0.4, 0.5) is 0 Å². The zero-order valence-electron chi connectivity index (χ0n) is 13.8. The average molecular weight is 357 g/mol. The number of esters is 1. The second kappa shape index (κ2) is 7.31. The number of ether oxygens (including phenoxy) is 2. The summed E-state index contributed by atoms with van der Waals surface area (Å²) >= 11 is 1.43. The van der Waals surface area contributed by atoms with Crippen LogP contribution in [0.15, 0.2) is 41.8 Å². The number of hydrogen-bond donors (Lipinski definition) is 0. The summed E-state index contributed by atoms with van der Waals surface area (Å²) in [6.07, 6.45) is 5.16. The highest BCUT2D eigenvalue weighted by Crippen LogP contribution is 2.24. The molecule has 9 heteroatoms. The zero-order valence-corrected chi connectivity index (χ0v) is 14.6. The van der Waals surface area contributed by atoms with E-state index in [1.807, 2.05) is 6.26 Å². The molecule has 8 nitrogen and oxygen atoms in total. The van der Waals surface area contributed by atoms with Crippen LogP contribution < -0.4 is 4.74 Å². The van der Waals surface area contributed by atoms with Crippen molar-refractivity contribution in [2.24, 2.45) is 0 Å². The molecule has 25 heavy (non-hydrogen) atoms. The van der Waals surface area contributed by atoms with E-state index in [1.54, 1.807) is 48.5 Å². The van der Waals surface area contributed by atoms with Gasteiger partial charge in [-0.15, -0.1) is 0 Å². The topological polar surface area (TPSA) is 92.0 Å². The Bertz CT molecular complexity index is 895. The van der Waals surface area contributed by atoms with Gasteiger partial charge in [0.1, 0.15) is 0 Å². The predicted octanol–water partition coefficient (Wildman–Crippen LogP) is 2.24. The number of carbonyl (C=O) groups is 1. The van der Waals surface area contributed by atoms with Crippen molar-refractivity contribution < 1.29 is 14.3 Å². The van der Waals surface area contributed by atoms with E-state index in [9.17, 15) is 4.79 Å². The maximum atomic E-state index is 11.9. The molecule has 3 heterocycles. The van der Waals surface area contributed by atoms with Crippen molar-refractivity contribution in [2.75, 3.05) is 20.5 Å². The molecule has 0 bridgehead atoms. The molecule has 0 aliphatic carbocycles. The van der Waals surface area contributed by atoms with E-state index in [0.717, 1.165) is 0 Å². The van der Waals surface area contributed by atoms with Gasteiger partial charge < -0.3 is 9.47 Å². The molecule has 0 saturated heterocycles. The Hall–Kier alpha value is -2.94. The van der Waals surface area contributed by atoms with Gasteiger partial charge in [-0.05, 0) is 18.4 Å². The van der Waals surface area contributed by atoms with Gasteiger partial charge in [-0.3, -0.25) is 0 Å². The molecule has 128 valence electrons. The summed E-state index contributed by atoms with van der Waals surface area (Å²) in [7, 11) is 2.86. The van der Waals surface area contributed by atoms with Crippen LogP contribution in [0.3, 0.4) is 0 Å². The molecule has 0 unspecified atom stereocenters. The van der Waals surface area contributed by atoms with Crippen LogP contribution in [0.1, 0.15) is 10.5 Å². The second-order valence-corrected chi connectivity index (χ2v) is 5.58. The van der Waals surface area contributed by atoms with Gasteiger partial charge in [-0.2, -0.15) is 5.10 Å². The Labute approximate surface area is 148 Å². The largest absolute Gasteiger partial charge is 0.481 e. The minimum absolute atomic E-state index is 0.178. The maximum absolute atomic E-state index is 11.9. The summed E-state index contributed by atoms with van der Waals surface area (Å²) in [4.78, 5) is 24.7. The van der Waals surface area contributed by atoms with Gasteiger partial charge in [-0.1, -0.05) is 11.8 Å². The van der Waals surface area contributed by atoms with E-state index in [1.165, 1.54) is 18.9 Å². The number of rotatable bonds is 5. The minimum atomic E-state index is -0.527. The molecule has 3 aromatic rings. The maximum Gasteiger partial charge on any atom is 0.358 e. The van der Waals surface area contributed by atoms with E-state index in [2.05, 4.69) is 20.1 Å². The zero-order chi connectivity index (χ0) is 17.8. The smallest absolute Gasteiger partial charge is 0.358 e. The van der Waals surface area contributed by atoms with Crippen LogP contribution in [0, 0.1) is 0 Å². The lowest BCUT2D eigenvalue weighted by molar-refractivity contribution is 0.0593. The lowest BCUT2D eigenvalue weighted by Gasteiger charge is -2.07. The summed E-state index contributed by atoms with van der Waals surface area (Å²) in [6.45, 7) is 0. The molecule has 0 radical (unpaired) electrons. The second-order valence-electron chi connectivity index (χ2n) is 4.81. The van der Waals surface area contributed by atoms with Crippen LogP contribution in [0.25, 0.3) is 17.1 Å². The third-order valence-electron chi connectivity index (χ3n) is 3.36. The fourth-order valence-corrected chi connectivity index (χ4v) is 2.52. The molecular formula is C16H15N5O3S. The number of hydrogen-bond acceptors (Lipinski definition) is 8. The fourth-order valence-electron chi connectivity index (χ4n) is 2.17. The molecule has 0 amide bonds. The number of nitrogens with zero attached hydrogens (tertiary/aromatic N) is 5. The molecule has 0 atom stereocenters. The van der Waals surface area contributed by atoms with Gasteiger partial charge in [0, 0.05) is 18.3 Å². The van der Waals surface area contributed by atoms with E-state index in [0.29, 0.717) is 28.1 Å². The van der Waals surface area contributed by atoms with Crippen LogP contribution >= 0.6 is 11.8 Å². The van der Waals surface area contributed by atoms with Crippen molar-refractivity contribution in [2.45, 2.75) is 5.16 Å². The third kappa shape index (κ3) is 3.45. The monoisotopic (exact) mass is 357 g/mol. The first kappa shape index (κ1) is 16.9. The normalized spacial score (nSPS) is 10.5. The van der Waals surface area contributed by atoms with E-state index in [-0.39, 0.29) is 5.69 Å². The Morgan fingerprint density at radius 2 is 2.04 bits per heavy atom. The number of aromatic nitrogens is 5. The van der Waals surface area contributed by atoms with Crippen molar-refractivity contribution in [3.05, 3.63) is 42.4 Å². The molecule has 3 rings (SSSR count). The summed E-state index contributed by atoms with van der Waals surface area (Å²) in [6, 6.07) is 6.89. The molecule has 0 aliphatic heterocycles. The van der Waals surface area contributed by atoms with Gasteiger partial charge in [-0.25, -0.2) is 24.4 Å². The summed E-state index contributed by atoms with van der Waals surface area (Å²) in [5.74, 6) is -0.0435. The molecule has 0 aliphatic rings. The van der Waals surface area contributed by atoms with Gasteiger partial charge in [0.05, 0.1) is 37.5 Å². The Morgan fingerprint density at radius 3 is 2.68 bits per heavy atom. The molecule has 3 aromatic heterocycles. The van der Waals surface area contributed by atoms with Crippen LogP contribution in [0.5, 0.6) is 5.88 Å². The molecule has 0 saturated carbocycles. The van der Waals surface area contributed by atoms with E-state index in [4.69, 9.17) is 9.47 Å². The summed E-state index contributed by atoms with van der Waals surface area (Å²) in [5, 5.41) is 4.96. The Balaban J connectivity index is 2.14. The first-order chi connectivity index (χ1) is 12.2. The van der Waals surface area contributed by atoms with Crippen molar-refractivity contribution in [1.29, 1.82) is 0 Å². The average Bonchev–Trinajstić information content (AvgIpc) is 3.13. The van der Waals surface area contributed by atoms with Crippen LogP contribution in [-0.2, 0) is 4.74 Å². The first-order valence-electron chi connectivity index (χ1n) is 7.22. The number of thioether (sulfide) groups is 1. The highest BCUT2D eigenvalue weighted by molar-refractivity contribution is 7.98. The number of pyridine rings is 1. The molecule has 0 fully saturated rings. The minimum Gasteiger partial charge on any atom is -0.481 e. The summed E-state index contributed by atoms with van der Waals surface area (Å²) in [5.41, 5.74) is 2.11. The molecule has 0 spiro atoms. The van der Waals surface area contributed by atoms with Gasteiger partial charge >= 0.3 is 5.97 Å². The van der Waals surface area contributed by atoms with Crippen molar-refractivity contribution in [3.63, 3.8) is 0 Å². The van der Waals surface area contributed by atoms with Gasteiger partial charge in [0.15, 0.2) is 10.9 Å². The van der Waals surface area contributed by atoms with Gasteiger partial charge in [0.25, 0.3) is 0 Å². The lowest BCUT2D eigenvalue weighted by Crippen LogP contribution is -2.05. The van der Waals surface area contributed by atoms with Crippen molar-refractivity contribution in [3.8, 4) is 23.0 Å². The van der Waals surface area contributed by atoms with Crippen molar-refractivity contribution >= 4 is 17.7 Å².